The number of piperazine rings is 1. The van der Waals surface area contributed by atoms with E-state index in [2.05, 4.69) is 51.9 Å². The second kappa shape index (κ2) is 6.24. The molecule has 24 heavy (non-hydrogen) atoms. The summed E-state index contributed by atoms with van der Waals surface area (Å²) in [6.07, 6.45) is 4.75. The van der Waals surface area contributed by atoms with E-state index in [0.717, 1.165) is 66.4 Å². The Labute approximate surface area is 141 Å². The second-order valence-corrected chi connectivity index (χ2v) is 6.38. The van der Waals surface area contributed by atoms with Crippen molar-refractivity contribution in [1.82, 2.24) is 14.9 Å². The minimum Gasteiger partial charge on any atom is -0.461 e. The average Bonchev–Trinajstić information content (AvgIpc) is 3.05. The SMILES string of the molecule is CCc1cc2cc(-c3cnc(N4CCN(C)CC4)nc3)ccc2o1. The van der Waals surface area contributed by atoms with Crippen molar-refractivity contribution < 1.29 is 4.42 Å². The van der Waals surface area contributed by atoms with Gasteiger partial charge in [0.05, 0.1) is 0 Å². The number of likely N-dealkylation sites (N-methyl/N-ethyl adjacent to an activating group) is 1. The van der Waals surface area contributed by atoms with Crippen molar-refractivity contribution in [1.29, 1.82) is 0 Å². The maximum absolute atomic E-state index is 5.77. The first kappa shape index (κ1) is 15.1. The van der Waals surface area contributed by atoms with Gasteiger partial charge in [0, 0.05) is 55.9 Å². The van der Waals surface area contributed by atoms with Gasteiger partial charge in [0.2, 0.25) is 5.95 Å². The second-order valence-electron chi connectivity index (χ2n) is 6.38. The highest BCUT2D eigenvalue weighted by Gasteiger charge is 2.16. The van der Waals surface area contributed by atoms with E-state index < -0.39 is 0 Å². The Bertz CT molecular complexity index is 832. The van der Waals surface area contributed by atoms with Gasteiger partial charge in [-0.25, -0.2) is 9.97 Å². The maximum atomic E-state index is 5.77. The van der Waals surface area contributed by atoms with Crippen LogP contribution in [-0.4, -0.2) is 48.1 Å². The van der Waals surface area contributed by atoms with Crippen LogP contribution in [0.4, 0.5) is 5.95 Å². The zero-order chi connectivity index (χ0) is 16.5. The first-order valence-electron chi connectivity index (χ1n) is 8.51. The Morgan fingerprint density at radius 3 is 2.46 bits per heavy atom. The third-order valence-electron chi connectivity index (χ3n) is 4.67. The lowest BCUT2D eigenvalue weighted by Gasteiger charge is -2.32. The molecule has 0 aliphatic carbocycles. The molecule has 0 N–H and O–H groups in total. The van der Waals surface area contributed by atoms with E-state index >= 15 is 0 Å². The summed E-state index contributed by atoms with van der Waals surface area (Å²) < 4.78 is 5.77. The molecule has 0 atom stereocenters. The van der Waals surface area contributed by atoms with Crippen LogP contribution in [0.2, 0.25) is 0 Å². The number of rotatable bonds is 3. The topological polar surface area (TPSA) is 45.4 Å². The van der Waals surface area contributed by atoms with E-state index in [1.165, 1.54) is 0 Å². The first-order valence-corrected chi connectivity index (χ1v) is 8.51. The molecule has 0 unspecified atom stereocenters. The molecule has 1 aliphatic heterocycles. The van der Waals surface area contributed by atoms with Crippen LogP contribution in [-0.2, 0) is 6.42 Å². The van der Waals surface area contributed by atoms with Crippen molar-refractivity contribution in [2.45, 2.75) is 13.3 Å². The zero-order valence-corrected chi connectivity index (χ0v) is 14.2. The van der Waals surface area contributed by atoms with Gasteiger partial charge in [-0.2, -0.15) is 0 Å². The van der Waals surface area contributed by atoms with Crippen LogP contribution in [0.25, 0.3) is 22.1 Å². The largest absolute Gasteiger partial charge is 0.461 e. The van der Waals surface area contributed by atoms with Gasteiger partial charge >= 0.3 is 0 Å². The van der Waals surface area contributed by atoms with Crippen LogP contribution in [0.5, 0.6) is 0 Å². The molecule has 1 aliphatic rings. The summed E-state index contributed by atoms with van der Waals surface area (Å²) in [6, 6.07) is 8.35. The smallest absolute Gasteiger partial charge is 0.225 e. The van der Waals surface area contributed by atoms with Gasteiger partial charge in [-0.05, 0) is 30.8 Å². The molecular weight excluding hydrogens is 300 g/mol. The molecule has 0 spiro atoms. The highest BCUT2D eigenvalue weighted by molar-refractivity contribution is 5.83. The fourth-order valence-corrected chi connectivity index (χ4v) is 3.09. The summed E-state index contributed by atoms with van der Waals surface area (Å²) in [5.74, 6) is 1.84. The van der Waals surface area contributed by atoms with Gasteiger partial charge in [0.25, 0.3) is 0 Å². The number of hydrogen-bond acceptors (Lipinski definition) is 5. The normalized spacial score (nSPS) is 16.0. The Balaban J connectivity index is 1.58. The van der Waals surface area contributed by atoms with Crippen LogP contribution in [0, 0.1) is 0 Å². The van der Waals surface area contributed by atoms with Crippen LogP contribution < -0.4 is 4.90 Å². The van der Waals surface area contributed by atoms with Crippen LogP contribution in [0.3, 0.4) is 0 Å². The lowest BCUT2D eigenvalue weighted by molar-refractivity contribution is 0.311. The number of hydrogen-bond donors (Lipinski definition) is 0. The fourth-order valence-electron chi connectivity index (χ4n) is 3.09. The standard InChI is InChI=1S/C19H22N4O/c1-3-17-11-15-10-14(4-5-18(15)24-17)16-12-20-19(21-13-16)23-8-6-22(2)7-9-23/h4-5,10-13H,3,6-9H2,1-2H3. The Morgan fingerprint density at radius 2 is 1.75 bits per heavy atom. The van der Waals surface area contributed by atoms with Gasteiger partial charge in [0.1, 0.15) is 11.3 Å². The molecule has 0 amide bonds. The van der Waals surface area contributed by atoms with Gasteiger partial charge < -0.3 is 14.2 Å². The van der Waals surface area contributed by atoms with Gasteiger partial charge in [-0.1, -0.05) is 13.0 Å². The third kappa shape index (κ3) is 2.87. The Kier molecular flexibility index (Phi) is 3.94. The van der Waals surface area contributed by atoms with E-state index in [1.54, 1.807) is 0 Å². The zero-order valence-electron chi connectivity index (χ0n) is 14.2. The van der Waals surface area contributed by atoms with Gasteiger partial charge in [-0.3, -0.25) is 0 Å². The van der Waals surface area contributed by atoms with E-state index in [9.17, 15) is 0 Å². The third-order valence-corrected chi connectivity index (χ3v) is 4.67. The summed E-state index contributed by atoms with van der Waals surface area (Å²) in [6.45, 7) is 6.18. The molecule has 3 aromatic rings. The molecule has 4 rings (SSSR count). The molecule has 1 saturated heterocycles. The van der Waals surface area contributed by atoms with Gasteiger partial charge in [-0.15, -0.1) is 0 Å². The first-order chi connectivity index (χ1) is 11.7. The molecule has 3 heterocycles. The monoisotopic (exact) mass is 322 g/mol. The van der Waals surface area contributed by atoms with Crippen molar-refractivity contribution in [2.24, 2.45) is 0 Å². The van der Waals surface area contributed by atoms with E-state index in [1.807, 2.05) is 18.5 Å². The van der Waals surface area contributed by atoms with Crippen molar-refractivity contribution >= 4 is 16.9 Å². The predicted octanol–water partition coefficient (Wildman–Crippen LogP) is 3.20. The fraction of sp³-hybridized carbons (Fsp3) is 0.368. The molecule has 0 saturated carbocycles. The molecule has 124 valence electrons. The van der Waals surface area contributed by atoms with Crippen molar-refractivity contribution in [3.05, 3.63) is 42.4 Å². The quantitative estimate of drug-likeness (QED) is 0.741. The lowest BCUT2D eigenvalue weighted by Crippen LogP contribution is -2.45. The predicted molar refractivity (Wildman–Crippen MR) is 96.3 cm³/mol. The minimum atomic E-state index is 0.824. The molecule has 0 bridgehead atoms. The highest BCUT2D eigenvalue weighted by atomic mass is 16.3. The molecular formula is C19H22N4O. The Hall–Kier alpha value is -2.40. The number of fused-ring (bicyclic) bond motifs is 1. The molecule has 5 nitrogen and oxygen atoms in total. The summed E-state index contributed by atoms with van der Waals surface area (Å²) in [7, 11) is 2.15. The molecule has 0 radical (unpaired) electrons. The van der Waals surface area contributed by atoms with Crippen LogP contribution in [0.15, 0.2) is 41.1 Å². The number of aromatic nitrogens is 2. The number of anilines is 1. The van der Waals surface area contributed by atoms with E-state index in [0.29, 0.717) is 0 Å². The molecule has 1 aromatic carbocycles. The van der Waals surface area contributed by atoms with E-state index in [4.69, 9.17) is 4.42 Å². The molecule has 2 aromatic heterocycles. The average molecular weight is 322 g/mol. The number of furan rings is 1. The highest BCUT2D eigenvalue weighted by Crippen LogP contribution is 2.26. The van der Waals surface area contributed by atoms with Crippen LogP contribution >= 0.6 is 0 Å². The number of nitrogens with zero attached hydrogens (tertiary/aromatic N) is 4. The van der Waals surface area contributed by atoms with Crippen molar-refractivity contribution in [2.75, 3.05) is 38.1 Å². The maximum Gasteiger partial charge on any atom is 0.225 e. The van der Waals surface area contributed by atoms with E-state index in [-0.39, 0.29) is 0 Å². The van der Waals surface area contributed by atoms with Crippen molar-refractivity contribution in [3.8, 4) is 11.1 Å². The van der Waals surface area contributed by atoms with Gasteiger partial charge in [0.15, 0.2) is 0 Å². The summed E-state index contributed by atoms with van der Waals surface area (Å²) in [5, 5.41) is 1.13. The Morgan fingerprint density at radius 1 is 1.00 bits per heavy atom. The summed E-state index contributed by atoms with van der Waals surface area (Å²) in [4.78, 5) is 13.7. The summed E-state index contributed by atoms with van der Waals surface area (Å²) >= 11 is 0. The number of benzene rings is 1. The molecule has 5 heteroatoms. The van der Waals surface area contributed by atoms with Crippen LogP contribution in [0.1, 0.15) is 12.7 Å². The molecule has 1 fully saturated rings. The minimum absolute atomic E-state index is 0.824. The lowest BCUT2D eigenvalue weighted by atomic mass is 10.1. The van der Waals surface area contributed by atoms with Crippen molar-refractivity contribution in [3.63, 3.8) is 0 Å². The summed E-state index contributed by atoms with van der Waals surface area (Å²) in [5.41, 5.74) is 3.09. The number of aryl methyl sites for hydroxylation is 1.